The predicted molar refractivity (Wildman–Crippen MR) is 137 cm³/mol. The van der Waals surface area contributed by atoms with Crippen LogP contribution >= 0.6 is 11.3 Å². The van der Waals surface area contributed by atoms with Crippen LogP contribution in [0.4, 0.5) is 15.9 Å². The van der Waals surface area contributed by atoms with Gasteiger partial charge in [-0.3, -0.25) is 4.79 Å². The molecule has 2 aliphatic carbocycles. The molecular weight excluding hydrogens is 479 g/mol. The number of carbonyl (C=O) groups excluding carboxylic acids is 1. The zero-order valence-corrected chi connectivity index (χ0v) is 20.7. The predicted octanol–water partition coefficient (Wildman–Crippen LogP) is 4.88. The van der Waals surface area contributed by atoms with Crippen molar-refractivity contribution in [1.82, 2.24) is 24.9 Å². The Labute approximate surface area is 210 Å². The Morgan fingerprint density at radius 3 is 3.06 bits per heavy atom. The van der Waals surface area contributed by atoms with Gasteiger partial charge in [0.1, 0.15) is 22.8 Å². The van der Waals surface area contributed by atoms with Gasteiger partial charge >= 0.3 is 0 Å². The lowest BCUT2D eigenvalue weighted by molar-refractivity contribution is -0.126. The number of fused-ring (bicyclic) bond motifs is 4. The Bertz CT molecular complexity index is 1560. The number of allylic oxidation sites excluding steroid dienone is 2. The summed E-state index contributed by atoms with van der Waals surface area (Å²) < 4.78 is 20.7. The Balaban J connectivity index is 1.27. The molecule has 2 unspecified atom stereocenters. The van der Waals surface area contributed by atoms with Crippen LogP contribution in [0.1, 0.15) is 30.2 Å². The van der Waals surface area contributed by atoms with Crippen molar-refractivity contribution in [2.75, 3.05) is 12.4 Å². The van der Waals surface area contributed by atoms with E-state index in [4.69, 9.17) is 4.74 Å². The topological polar surface area (TPSA) is 93.4 Å². The molecule has 4 heterocycles. The van der Waals surface area contributed by atoms with Gasteiger partial charge in [-0.2, -0.15) is 5.10 Å². The van der Waals surface area contributed by atoms with Gasteiger partial charge in [0.05, 0.1) is 35.4 Å². The minimum absolute atomic E-state index is 0.00393. The maximum atomic E-state index is 13.4. The molecule has 8 nitrogen and oxygen atoms in total. The number of hydrogen-bond acceptors (Lipinski definition) is 7. The lowest BCUT2D eigenvalue weighted by Gasteiger charge is -2.31. The molecule has 2 aliphatic rings. The first-order valence-corrected chi connectivity index (χ1v) is 12.6. The zero-order chi connectivity index (χ0) is 24.9. The van der Waals surface area contributed by atoms with Crippen molar-refractivity contribution in [2.24, 2.45) is 5.92 Å². The van der Waals surface area contributed by atoms with Crippen molar-refractivity contribution in [3.63, 3.8) is 0 Å². The van der Waals surface area contributed by atoms with Crippen LogP contribution < -0.4 is 15.4 Å². The Morgan fingerprint density at radius 1 is 1.36 bits per heavy atom. The summed E-state index contributed by atoms with van der Waals surface area (Å²) in [6.07, 6.45) is 12.4. The van der Waals surface area contributed by atoms with Gasteiger partial charge in [0, 0.05) is 17.0 Å². The summed E-state index contributed by atoms with van der Waals surface area (Å²) in [5.41, 5.74) is 2.35. The number of aromatic nitrogens is 4. The number of thiophene rings is 1. The summed E-state index contributed by atoms with van der Waals surface area (Å²) in [7, 11) is 1.62. The summed E-state index contributed by atoms with van der Waals surface area (Å²) in [6.45, 7) is 1.92. The molecule has 0 aromatic carbocycles. The molecule has 1 amide bonds. The number of nitrogens with zero attached hydrogens (tertiary/aromatic N) is 4. The minimum Gasteiger partial charge on any atom is -0.493 e. The van der Waals surface area contributed by atoms with Crippen LogP contribution in [-0.4, -0.2) is 38.1 Å². The first-order chi connectivity index (χ1) is 17.4. The fraction of sp³-hybridized carbons (Fsp3) is 0.308. The fourth-order valence-corrected chi connectivity index (χ4v) is 6.22. The average Bonchev–Trinajstić information content (AvgIpc) is 3.49. The van der Waals surface area contributed by atoms with E-state index < -0.39 is 5.54 Å². The van der Waals surface area contributed by atoms with Gasteiger partial charge in [-0.25, -0.2) is 18.9 Å². The van der Waals surface area contributed by atoms with E-state index in [0.717, 1.165) is 45.0 Å². The van der Waals surface area contributed by atoms with Crippen LogP contribution in [-0.2, 0) is 17.6 Å². The molecular formula is C26H25FN6O2S. The van der Waals surface area contributed by atoms with Crippen molar-refractivity contribution in [1.29, 1.82) is 0 Å². The highest BCUT2D eigenvalue weighted by atomic mass is 32.1. The summed E-state index contributed by atoms with van der Waals surface area (Å²) in [5, 5.41) is 11.8. The number of methoxy groups -OCH3 is 1. The van der Waals surface area contributed by atoms with Crippen molar-refractivity contribution in [3.05, 3.63) is 65.3 Å². The van der Waals surface area contributed by atoms with Gasteiger partial charge in [0.15, 0.2) is 5.75 Å². The van der Waals surface area contributed by atoms with Gasteiger partial charge < -0.3 is 15.4 Å². The lowest BCUT2D eigenvalue weighted by atomic mass is 9.85. The molecule has 0 aliphatic heterocycles. The standard InChI is InChI=1S/C26H25FN6O2S/c1-26(8-5-16(27)6-9-26)32-24(34)15-3-4-18-21(11-15)36-25-22(18)23(28-14-29-25)31-19-12-17-7-10-30-33(17)13-20(19)35-2/h5-8,10,12-15H,3-4,9,11H2,1-2H3,(H,32,34)(H,28,29,31). The molecule has 2 N–H and O–H groups in total. The highest BCUT2D eigenvalue weighted by molar-refractivity contribution is 7.19. The number of anilines is 2. The van der Waals surface area contributed by atoms with E-state index in [1.54, 1.807) is 41.6 Å². The summed E-state index contributed by atoms with van der Waals surface area (Å²) >= 11 is 1.62. The molecule has 0 saturated heterocycles. The molecule has 36 heavy (non-hydrogen) atoms. The van der Waals surface area contributed by atoms with Crippen LogP contribution in [0.15, 0.2) is 54.9 Å². The number of nitrogens with one attached hydrogen (secondary N) is 2. The quantitative estimate of drug-likeness (QED) is 0.402. The van der Waals surface area contributed by atoms with Gasteiger partial charge in [-0.05, 0) is 62.5 Å². The molecule has 6 rings (SSSR count). The second kappa shape index (κ2) is 8.70. The second-order valence-electron chi connectivity index (χ2n) is 9.46. The molecule has 4 aromatic heterocycles. The van der Waals surface area contributed by atoms with Crippen LogP contribution in [0.5, 0.6) is 5.75 Å². The molecule has 2 atom stereocenters. The van der Waals surface area contributed by atoms with Crippen LogP contribution in [0.3, 0.4) is 0 Å². The first kappa shape index (κ1) is 22.7. The average molecular weight is 505 g/mol. The summed E-state index contributed by atoms with van der Waals surface area (Å²) in [5.74, 6) is 0.974. The molecule has 0 spiro atoms. The fourth-order valence-electron chi connectivity index (χ4n) is 4.95. The molecule has 4 aromatic rings. The van der Waals surface area contributed by atoms with Crippen LogP contribution in [0.25, 0.3) is 15.7 Å². The SMILES string of the molecule is COc1cn2nccc2cc1Nc1ncnc2sc3c(c12)CCC(C(=O)NC1(C)C=CC(F)=CC1)C3. The first-order valence-electron chi connectivity index (χ1n) is 11.8. The number of amides is 1. The highest BCUT2D eigenvalue weighted by Gasteiger charge is 2.33. The van der Waals surface area contributed by atoms with Crippen LogP contribution in [0.2, 0.25) is 0 Å². The van der Waals surface area contributed by atoms with Gasteiger partial charge in [-0.1, -0.05) is 6.08 Å². The van der Waals surface area contributed by atoms with Crippen molar-refractivity contribution in [2.45, 2.75) is 38.1 Å². The zero-order valence-electron chi connectivity index (χ0n) is 19.9. The molecule has 0 radical (unpaired) electrons. The summed E-state index contributed by atoms with van der Waals surface area (Å²) in [6, 6.07) is 3.90. The molecule has 184 valence electrons. The Morgan fingerprint density at radius 2 is 2.25 bits per heavy atom. The molecule has 0 saturated carbocycles. The molecule has 0 fully saturated rings. The third-order valence-corrected chi connectivity index (χ3v) is 8.09. The normalized spacial score (nSPS) is 21.3. The monoisotopic (exact) mass is 504 g/mol. The van der Waals surface area contributed by atoms with Gasteiger partial charge in [-0.15, -0.1) is 11.3 Å². The van der Waals surface area contributed by atoms with E-state index in [1.165, 1.54) is 17.7 Å². The minimum atomic E-state index is -0.564. The number of hydrogen-bond donors (Lipinski definition) is 2. The molecule has 0 bridgehead atoms. The van der Waals surface area contributed by atoms with E-state index in [-0.39, 0.29) is 17.7 Å². The number of halogens is 1. The number of carbonyl (C=O) groups is 1. The second-order valence-corrected chi connectivity index (χ2v) is 10.5. The van der Waals surface area contributed by atoms with Crippen molar-refractivity contribution >= 4 is 44.5 Å². The smallest absolute Gasteiger partial charge is 0.224 e. The van der Waals surface area contributed by atoms with Crippen molar-refractivity contribution < 1.29 is 13.9 Å². The highest BCUT2D eigenvalue weighted by Crippen LogP contribution is 2.41. The van der Waals surface area contributed by atoms with E-state index in [2.05, 4.69) is 25.7 Å². The lowest BCUT2D eigenvalue weighted by Crippen LogP contribution is -2.48. The van der Waals surface area contributed by atoms with Gasteiger partial charge in [0.2, 0.25) is 5.91 Å². The number of aryl methyl sites for hydroxylation is 1. The van der Waals surface area contributed by atoms with Crippen molar-refractivity contribution in [3.8, 4) is 5.75 Å². The van der Waals surface area contributed by atoms with E-state index >= 15 is 0 Å². The largest absolute Gasteiger partial charge is 0.493 e. The third kappa shape index (κ3) is 4.01. The van der Waals surface area contributed by atoms with Crippen LogP contribution in [0, 0.1) is 5.92 Å². The number of pyridine rings is 1. The molecule has 10 heteroatoms. The van der Waals surface area contributed by atoms with E-state index in [9.17, 15) is 9.18 Å². The maximum absolute atomic E-state index is 13.4. The van der Waals surface area contributed by atoms with E-state index in [1.807, 2.05) is 25.3 Å². The third-order valence-electron chi connectivity index (χ3n) is 6.93. The maximum Gasteiger partial charge on any atom is 0.224 e. The Hall–Kier alpha value is -3.79. The number of rotatable bonds is 5. The van der Waals surface area contributed by atoms with Gasteiger partial charge in [0.25, 0.3) is 0 Å². The Kier molecular flexibility index (Phi) is 5.48. The van der Waals surface area contributed by atoms with E-state index in [0.29, 0.717) is 18.6 Å². The number of ether oxygens (including phenoxy) is 1. The summed E-state index contributed by atoms with van der Waals surface area (Å²) in [4.78, 5) is 24.3.